The third-order valence-corrected chi connectivity index (χ3v) is 3.13. The maximum Gasteiger partial charge on any atom is 0.123 e. The van der Waals surface area contributed by atoms with E-state index in [0.717, 1.165) is 17.7 Å². The molecule has 0 aliphatic rings. The summed E-state index contributed by atoms with van der Waals surface area (Å²) in [6.45, 7) is 1.37. The lowest BCUT2D eigenvalue weighted by Gasteiger charge is -2.14. The van der Waals surface area contributed by atoms with Gasteiger partial charge in [0.25, 0.3) is 0 Å². The number of halogens is 1. The van der Waals surface area contributed by atoms with Crippen molar-refractivity contribution in [2.75, 3.05) is 13.2 Å². The number of hydrogen-bond acceptors (Lipinski definition) is 3. The van der Waals surface area contributed by atoms with Crippen molar-refractivity contribution in [3.8, 4) is 0 Å². The Morgan fingerprint density at radius 3 is 2.80 bits per heavy atom. The summed E-state index contributed by atoms with van der Waals surface area (Å²) in [6.07, 6.45) is 2.48. The lowest BCUT2D eigenvalue weighted by atomic mass is 10.0. The van der Waals surface area contributed by atoms with Crippen LogP contribution in [-0.4, -0.2) is 23.2 Å². The second-order valence-corrected chi connectivity index (χ2v) is 4.83. The van der Waals surface area contributed by atoms with Gasteiger partial charge in [0.2, 0.25) is 0 Å². The lowest BCUT2D eigenvalue weighted by molar-refractivity contribution is 0.220. The minimum Gasteiger partial charge on any atom is -0.396 e. The Labute approximate surface area is 118 Å². The first-order valence-corrected chi connectivity index (χ1v) is 6.74. The van der Waals surface area contributed by atoms with Crippen LogP contribution in [0.2, 0.25) is 0 Å². The van der Waals surface area contributed by atoms with Crippen molar-refractivity contribution in [3.05, 3.63) is 65.7 Å². The van der Waals surface area contributed by atoms with E-state index >= 15 is 0 Å². The fourth-order valence-electron chi connectivity index (χ4n) is 2.08. The molecule has 2 rings (SSSR count). The van der Waals surface area contributed by atoms with Gasteiger partial charge in [-0.15, -0.1) is 0 Å². The topological polar surface area (TPSA) is 45.1 Å². The summed E-state index contributed by atoms with van der Waals surface area (Å²) in [5.74, 6) is -0.116. The first kappa shape index (κ1) is 14.6. The summed E-state index contributed by atoms with van der Waals surface area (Å²) in [6, 6.07) is 12.3. The molecule has 4 heteroatoms. The molecule has 1 heterocycles. The number of aromatic nitrogens is 1. The Morgan fingerprint density at radius 1 is 1.20 bits per heavy atom. The van der Waals surface area contributed by atoms with E-state index in [-0.39, 0.29) is 18.3 Å². The highest BCUT2D eigenvalue weighted by molar-refractivity contribution is 5.16. The summed E-state index contributed by atoms with van der Waals surface area (Å²) >= 11 is 0. The molecule has 1 aromatic heterocycles. The molecule has 0 saturated carbocycles. The van der Waals surface area contributed by atoms with E-state index in [1.807, 2.05) is 24.3 Å². The number of aliphatic hydroxyl groups is 1. The summed E-state index contributed by atoms with van der Waals surface area (Å²) in [5.41, 5.74) is 1.87. The second-order valence-electron chi connectivity index (χ2n) is 4.83. The standard InChI is InChI=1S/C16H19FN2O/c17-15-5-3-4-13(8-15)10-18-11-14(12-20)9-16-6-1-2-7-19-16/h1-8,14,18,20H,9-12H2. The van der Waals surface area contributed by atoms with E-state index < -0.39 is 0 Å². The summed E-state index contributed by atoms with van der Waals surface area (Å²) in [4.78, 5) is 4.26. The molecular weight excluding hydrogens is 255 g/mol. The normalized spacial score (nSPS) is 12.3. The van der Waals surface area contributed by atoms with Gasteiger partial charge in [0.1, 0.15) is 5.82 Å². The Morgan fingerprint density at radius 2 is 2.10 bits per heavy atom. The van der Waals surface area contributed by atoms with E-state index in [2.05, 4.69) is 10.3 Å². The molecule has 0 spiro atoms. The highest BCUT2D eigenvalue weighted by Gasteiger charge is 2.09. The van der Waals surface area contributed by atoms with Crippen molar-refractivity contribution in [2.24, 2.45) is 5.92 Å². The second kappa shape index (κ2) is 7.72. The molecule has 106 valence electrons. The zero-order valence-corrected chi connectivity index (χ0v) is 11.3. The van der Waals surface area contributed by atoms with Crippen molar-refractivity contribution < 1.29 is 9.50 Å². The minimum atomic E-state index is -0.225. The molecular formula is C16H19FN2O. The van der Waals surface area contributed by atoms with Crippen LogP contribution in [0, 0.1) is 11.7 Å². The van der Waals surface area contributed by atoms with Crippen LogP contribution in [0.1, 0.15) is 11.3 Å². The molecule has 1 atom stereocenters. The fraction of sp³-hybridized carbons (Fsp3) is 0.312. The lowest BCUT2D eigenvalue weighted by Crippen LogP contribution is -2.26. The van der Waals surface area contributed by atoms with Crippen LogP contribution >= 0.6 is 0 Å². The SMILES string of the molecule is OCC(CNCc1cccc(F)c1)Cc1ccccn1. The monoisotopic (exact) mass is 274 g/mol. The maximum atomic E-state index is 13.0. The average molecular weight is 274 g/mol. The number of aliphatic hydroxyl groups excluding tert-OH is 1. The van der Waals surface area contributed by atoms with Crippen LogP contribution in [0.15, 0.2) is 48.7 Å². The molecule has 0 fully saturated rings. The molecule has 0 amide bonds. The van der Waals surface area contributed by atoms with Gasteiger partial charge in [0, 0.05) is 31.6 Å². The molecule has 0 radical (unpaired) electrons. The van der Waals surface area contributed by atoms with Gasteiger partial charge in [-0.1, -0.05) is 18.2 Å². The van der Waals surface area contributed by atoms with E-state index in [9.17, 15) is 9.50 Å². The predicted molar refractivity (Wildman–Crippen MR) is 76.6 cm³/mol. The van der Waals surface area contributed by atoms with Crippen molar-refractivity contribution in [3.63, 3.8) is 0 Å². The summed E-state index contributed by atoms with van der Waals surface area (Å²) in [7, 11) is 0. The largest absolute Gasteiger partial charge is 0.396 e. The number of rotatable bonds is 7. The third-order valence-electron chi connectivity index (χ3n) is 3.13. The number of nitrogens with one attached hydrogen (secondary N) is 1. The van der Waals surface area contributed by atoms with Gasteiger partial charge in [-0.05, 0) is 42.2 Å². The quantitative estimate of drug-likeness (QED) is 0.813. The average Bonchev–Trinajstić information content (AvgIpc) is 2.47. The van der Waals surface area contributed by atoms with Crippen LogP contribution in [0.25, 0.3) is 0 Å². The Bertz CT molecular complexity index is 519. The molecule has 0 saturated heterocycles. The van der Waals surface area contributed by atoms with Gasteiger partial charge in [-0.2, -0.15) is 0 Å². The van der Waals surface area contributed by atoms with Crippen LogP contribution in [0.5, 0.6) is 0 Å². The van der Waals surface area contributed by atoms with Crippen molar-refractivity contribution >= 4 is 0 Å². The van der Waals surface area contributed by atoms with Crippen molar-refractivity contribution in [1.29, 1.82) is 0 Å². The maximum absolute atomic E-state index is 13.0. The van der Waals surface area contributed by atoms with Crippen LogP contribution in [0.3, 0.4) is 0 Å². The van der Waals surface area contributed by atoms with Gasteiger partial charge >= 0.3 is 0 Å². The van der Waals surface area contributed by atoms with E-state index in [1.165, 1.54) is 12.1 Å². The molecule has 20 heavy (non-hydrogen) atoms. The van der Waals surface area contributed by atoms with Crippen molar-refractivity contribution in [1.82, 2.24) is 10.3 Å². The molecule has 3 nitrogen and oxygen atoms in total. The molecule has 0 aliphatic carbocycles. The third kappa shape index (κ3) is 4.72. The number of pyridine rings is 1. The van der Waals surface area contributed by atoms with E-state index in [1.54, 1.807) is 12.3 Å². The number of benzene rings is 1. The zero-order valence-electron chi connectivity index (χ0n) is 11.3. The van der Waals surface area contributed by atoms with E-state index in [0.29, 0.717) is 13.1 Å². The van der Waals surface area contributed by atoms with Crippen molar-refractivity contribution in [2.45, 2.75) is 13.0 Å². The Kier molecular flexibility index (Phi) is 5.65. The van der Waals surface area contributed by atoms with Gasteiger partial charge in [0.15, 0.2) is 0 Å². The highest BCUT2D eigenvalue weighted by atomic mass is 19.1. The van der Waals surface area contributed by atoms with Crippen LogP contribution in [-0.2, 0) is 13.0 Å². The molecule has 0 bridgehead atoms. The first-order valence-electron chi connectivity index (χ1n) is 6.74. The summed E-state index contributed by atoms with van der Waals surface area (Å²) in [5, 5.41) is 12.6. The molecule has 2 aromatic rings. The fourth-order valence-corrected chi connectivity index (χ4v) is 2.08. The molecule has 1 unspecified atom stereocenters. The smallest absolute Gasteiger partial charge is 0.123 e. The van der Waals surface area contributed by atoms with Gasteiger partial charge < -0.3 is 10.4 Å². The van der Waals surface area contributed by atoms with E-state index in [4.69, 9.17) is 0 Å². The zero-order chi connectivity index (χ0) is 14.2. The highest BCUT2D eigenvalue weighted by Crippen LogP contribution is 2.06. The van der Waals surface area contributed by atoms with Gasteiger partial charge in [-0.3, -0.25) is 4.98 Å². The Balaban J connectivity index is 1.79. The minimum absolute atomic E-state index is 0.104. The summed E-state index contributed by atoms with van der Waals surface area (Å²) < 4.78 is 13.0. The van der Waals surface area contributed by atoms with Gasteiger partial charge in [0.05, 0.1) is 0 Å². The first-order chi connectivity index (χ1) is 9.78. The number of hydrogen-bond donors (Lipinski definition) is 2. The van der Waals surface area contributed by atoms with Crippen LogP contribution in [0.4, 0.5) is 4.39 Å². The molecule has 2 N–H and O–H groups in total. The predicted octanol–water partition coefficient (Wildman–Crippen LogP) is 2.16. The van der Waals surface area contributed by atoms with Crippen LogP contribution < -0.4 is 5.32 Å². The molecule has 1 aromatic carbocycles. The number of nitrogens with zero attached hydrogens (tertiary/aromatic N) is 1. The molecule has 0 aliphatic heterocycles. The van der Waals surface area contributed by atoms with Gasteiger partial charge in [-0.25, -0.2) is 4.39 Å². The Hall–Kier alpha value is -1.78.